The Bertz CT molecular complexity index is 185. The highest BCUT2D eigenvalue weighted by atomic mass is 15.2. The molecule has 3 nitrogen and oxygen atoms in total. The molecule has 0 aromatic rings. The lowest BCUT2D eigenvalue weighted by molar-refractivity contribution is 0.253. The number of nitrogens with one attached hydrogen (secondary N) is 1. The van der Waals surface area contributed by atoms with Crippen LogP contribution in [0.1, 0.15) is 26.7 Å². The molecule has 3 heteroatoms. The van der Waals surface area contributed by atoms with Crippen molar-refractivity contribution in [2.75, 3.05) is 19.6 Å². The number of likely N-dealkylation sites (N-methyl/N-ethyl adjacent to an activating group) is 1. The van der Waals surface area contributed by atoms with Crippen LogP contribution in [0, 0.1) is 11.3 Å². The number of hydrogen-bond acceptors (Lipinski definition) is 3. The van der Waals surface area contributed by atoms with Crippen LogP contribution in [0.4, 0.5) is 0 Å². The van der Waals surface area contributed by atoms with Gasteiger partial charge >= 0.3 is 0 Å². The van der Waals surface area contributed by atoms with Crippen LogP contribution in [-0.2, 0) is 0 Å². The minimum Gasteiger partial charge on any atom is -0.301 e. The third-order valence-electron chi connectivity index (χ3n) is 2.71. The van der Waals surface area contributed by atoms with Crippen molar-refractivity contribution >= 4 is 0 Å². The first-order chi connectivity index (χ1) is 6.27. The summed E-state index contributed by atoms with van der Waals surface area (Å²) in [6, 6.07) is 2.96. The maximum atomic E-state index is 8.86. The number of nitrogens with zero attached hydrogens (tertiary/aromatic N) is 2. The average molecular weight is 181 g/mol. The van der Waals surface area contributed by atoms with Gasteiger partial charge in [-0.05, 0) is 32.9 Å². The molecule has 0 spiro atoms. The maximum Gasteiger partial charge on any atom is 0.108 e. The Morgan fingerprint density at radius 2 is 2.46 bits per heavy atom. The SMILES string of the molecule is CCNC(C#N)CN1CCCC1C. The second-order valence-electron chi connectivity index (χ2n) is 3.73. The fourth-order valence-electron chi connectivity index (χ4n) is 1.90. The number of rotatable bonds is 4. The van der Waals surface area contributed by atoms with Crippen LogP contribution in [0.15, 0.2) is 0 Å². The highest BCUT2D eigenvalue weighted by Gasteiger charge is 2.22. The van der Waals surface area contributed by atoms with Crippen molar-refractivity contribution in [1.82, 2.24) is 10.2 Å². The Labute approximate surface area is 80.7 Å². The first kappa shape index (κ1) is 10.5. The van der Waals surface area contributed by atoms with E-state index in [1.54, 1.807) is 0 Å². The standard InChI is InChI=1S/C10H19N3/c1-3-12-10(7-11)8-13-6-4-5-9(13)2/h9-10,12H,3-6,8H2,1-2H3. The van der Waals surface area contributed by atoms with Gasteiger partial charge in [0.15, 0.2) is 0 Å². The number of hydrogen-bond donors (Lipinski definition) is 1. The molecular formula is C10H19N3. The molecule has 2 unspecified atom stereocenters. The van der Waals surface area contributed by atoms with Crippen LogP contribution in [0.5, 0.6) is 0 Å². The van der Waals surface area contributed by atoms with E-state index in [0.717, 1.165) is 19.6 Å². The zero-order chi connectivity index (χ0) is 9.68. The largest absolute Gasteiger partial charge is 0.301 e. The van der Waals surface area contributed by atoms with Crippen molar-refractivity contribution < 1.29 is 0 Å². The first-order valence-electron chi connectivity index (χ1n) is 5.15. The Morgan fingerprint density at radius 1 is 1.69 bits per heavy atom. The monoisotopic (exact) mass is 181 g/mol. The van der Waals surface area contributed by atoms with E-state index in [1.807, 2.05) is 6.92 Å². The summed E-state index contributed by atoms with van der Waals surface area (Å²) in [6.45, 7) is 7.20. The van der Waals surface area contributed by atoms with E-state index in [2.05, 4.69) is 23.2 Å². The molecule has 0 saturated carbocycles. The van der Waals surface area contributed by atoms with Crippen molar-refractivity contribution in [2.45, 2.75) is 38.8 Å². The molecule has 74 valence electrons. The van der Waals surface area contributed by atoms with Crippen LogP contribution in [-0.4, -0.2) is 36.6 Å². The lowest BCUT2D eigenvalue weighted by Gasteiger charge is -2.23. The molecule has 13 heavy (non-hydrogen) atoms. The Hall–Kier alpha value is -0.590. The second kappa shape index (κ2) is 5.21. The lowest BCUT2D eigenvalue weighted by Crippen LogP contribution is -2.41. The van der Waals surface area contributed by atoms with Crippen molar-refractivity contribution in [3.05, 3.63) is 0 Å². The van der Waals surface area contributed by atoms with Crippen molar-refractivity contribution in [1.29, 1.82) is 5.26 Å². The van der Waals surface area contributed by atoms with Crippen LogP contribution in [0.25, 0.3) is 0 Å². The van der Waals surface area contributed by atoms with Gasteiger partial charge in [0.25, 0.3) is 0 Å². The molecule has 0 aromatic heterocycles. The summed E-state index contributed by atoms with van der Waals surface area (Å²) in [5, 5.41) is 12.0. The van der Waals surface area contributed by atoms with E-state index in [0.29, 0.717) is 6.04 Å². The zero-order valence-electron chi connectivity index (χ0n) is 8.58. The van der Waals surface area contributed by atoms with Gasteiger partial charge in [-0.15, -0.1) is 0 Å². The Kier molecular flexibility index (Phi) is 4.20. The summed E-state index contributed by atoms with van der Waals surface area (Å²) < 4.78 is 0. The van der Waals surface area contributed by atoms with Crippen molar-refractivity contribution in [2.24, 2.45) is 0 Å². The fourth-order valence-corrected chi connectivity index (χ4v) is 1.90. The summed E-state index contributed by atoms with van der Waals surface area (Å²) in [6.07, 6.45) is 2.57. The smallest absolute Gasteiger partial charge is 0.108 e. The first-order valence-corrected chi connectivity index (χ1v) is 5.15. The summed E-state index contributed by atoms with van der Waals surface area (Å²) in [5.41, 5.74) is 0. The van der Waals surface area contributed by atoms with Crippen molar-refractivity contribution in [3.63, 3.8) is 0 Å². The quantitative estimate of drug-likeness (QED) is 0.702. The van der Waals surface area contributed by atoms with Crippen LogP contribution >= 0.6 is 0 Å². The molecule has 1 fully saturated rings. The molecule has 1 aliphatic heterocycles. The molecular weight excluding hydrogens is 162 g/mol. The molecule has 1 N–H and O–H groups in total. The predicted molar refractivity (Wildman–Crippen MR) is 53.3 cm³/mol. The summed E-state index contributed by atoms with van der Waals surface area (Å²) >= 11 is 0. The van der Waals surface area contributed by atoms with E-state index < -0.39 is 0 Å². The van der Waals surface area contributed by atoms with Gasteiger partial charge in [0.1, 0.15) is 6.04 Å². The molecule has 2 atom stereocenters. The third kappa shape index (κ3) is 2.98. The predicted octanol–water partition coefficient (Wildman–Crippen LogP) is 0.972. The summed E-state index contributed by atoms with van der Waals surface area (Å²) in [5.74, 6) is 0. The summed E-state index contributed by atoms with van der Waals surface area (Å²) in [7, 11) is 0. The topological polar surface area (TPSA) is 39.1 Å². The van der Waals surface area contributed by atoms with Gasteiger partial charge in [0.2, 0.25) is 0 Å². The number of nitriles is 1. The molecule has 1 rings (SSSR count). The Balaban J connectivity index is 2.33. The van der Waals surface area contributed by atoms with Crippen LogP contribution < -0.4 is 5.32 Å². The molecule has 1 aliphatic rings. The average Bonchev–Trinajstić information content (AvgIpc) is 2.51. The van der Waals surface area contributed by atoms with Gasteiger partial charge in [-0.1, -0.05) is 6.92 Å². The van der Waals surface area contributed by atoms with Crippen molar-refractivity contribution in [3.8, 4) is 6.07 Å². The lowest BCUT2D eigenvalue weighted by atomic mass is 10.2. The van der Waals surface area contributed by atoms with Gasteiger partial charge in [0, 0.05) is 12.6 Å². The third-order valence-corrected chi connectivity index (χ3v) is 2.71. The summed E-state index contributed by atoms with van der Waals surface area (Å²) in [4.78, 5) is 2.40. The fraction of sp³-hybridized carbons (Fsp3) is 0.900. The van der Waals surface area contributed by atoms with E-state index >= 15 is 0 Å². The van der Waals surface area contributed by atoms with E-state index in [-0.39, 0.29) is 6.04 Å². The molecule has 0 aliphatic carbocycles. The van der Waals surface area contributed by atoms with E-state index in [1.165, 1.54) is 12.8 Å². The van der Waals surface area contributed by atoms with Gasteiger partial charge in [0.05, 0.1) is 6.07 Å². The molecule has 1 heterocycles. The number of likely N-dealkylation sites (tertiary alicyclic amines) is 1. The Morgan fingerprint density at radius 3 is 2.92 bits per heavy atom. The highest BCUT2D eigenvalue weighted by Crippen LogP contribution is 2.15. The maximum absolute atomic E-state index is 8.86. The van der Waals surface area contributed by atoms with Crippen LogP contribution in [0.2, 0.25) is 0 Å². The minimum atomic E-state index is 0.00514. The van der Waals surface area contributed by atoms with Gasteiger partial charge in [-0.25, -0.2) is 0 Å². The minimum absolute atomic E-state index is 0.00514. The molecule has 1 saturated heterocycles. The highest BCUT2D eigenvalue weighted by molar-refractivity contribution is 4.93. The van der Waals surface area contributed by atoms with Gasteiger partial charge < -0.3 is 5.32 Å². The van der Waals surface area contributed by atoms with Gasteiger partial charge in [-0.2, -0.15) is 5.26 Å². The van der Waals surface area contributed by atoms with Gasteiger partial charge in [-0.3, -0.25) is 4.90 Å². The molecule has 0 radical (unpaired) electrons. The molecule has 0 aromatic carbocycles. The zero-order valence-corrected chi connectivity index (χ0v) is 8.58. The van der Waals surface area contributed by atoms with Crippen LogP contribution in [0.3, 0.4) is 0 Å². The van der Waals surface area contributed by atoms with E-state index in [9.17, 15) is 0 Å². The molecule has 0 bridgehead atoms. The second-order valence-corrected chi connectivity index (χ2v) is 3.73. The molecule has 0 amide bonds. The van der Waals surface area contributed by atoms with E-state index in [4.69, 9.17) is 5.26 Å². The normalized spacial score (nSPS) is 25.8.